The van der Waals surface area contributed by atoms with Gasteiger partial charge in [0.25, 0.3) is 0 Å². The lowest BCUT2D eigenvalue weighted by molar-refractivity contribution is 0.154. The third-order valence-corrected chi connectivity index (χ3v) is 4.59. The van der Waals surface area contributed by atoms with Crippen LogP contribution in [0.25, 0.3) is 0 Å². The lowest BCUT2D eigenvalue weighted by atomic mass is 10.1. The van der Waals surface area contributed by atoms with Gasteiger partial charge in [-0.3, -0.25) is 4.99 Å². The number of sulfone groups is 1. The lowest BCUT2D eigenvalue weighted by Gasteiger charge is -2.19. The zero-order valence-corrected chi connectivity index (χ0v) is 20.5. The second kappa shape index (κ2) is 14.0. The van der Waals surface area contributed by atoms with Gasteiger partial charge in [-0.1, -0.05) is 26.0 Å². The van der Waals surface area contributed by atoms with E-state index in [9.17, 15) is 8.42 Å². The van der Waals surface area contributed by atoms with Crippen LogP contribution in [0.3, 0.4) is 0 Å². The fourth-order valence-corrected chi connectivity index (χ4v) is 2.57. The lowest BCUT2D eigenvalue weighted by Crippen LogP contribution is -2.40. The summed E-state index contributed by atoms with van der Waals surface area (Å²) in [7, 11) is -1.28. The number of hydrogen-bond acceptors (Lipinski definition) is 5. The third kappa shape index (κ3) is 12.4. The summed E-state index contributed by atoms with van der Waals surface area (Å²) in [6.07, 6.45) is 1.20. The Kier molecular flexibility index (Phi) is 13.5. The first-order valence-corrected chi connectivity index (χ1v) is 11.2. The standard InChI is InChI=1S/C19H33N3O4S.HI/c1-15(2)14-26-18-8-6-17(7-9-18)16(3)22-19(20-4)21-10-11-25-12-13-27(5,23)24;/h6-9,15-16H,10-14H2,1-5H3,(H2,20,21,22);1H. The number of rotatable bonds is 11. The average Bonchev–Trinajstić information content (AvgIpc) is 2.61. The maximum Gasteiger partial charge on any atom is 0.191 e. The Bertz CT molecular complexity index is 679. The van der Waals surface area contributed by atoms with Gasteiger partial charge >= 0.3 is 0 Å². The van der Waals surface area contributed by atoms with Crippen molar-refractivity contribution >= 4 is 39.8 Å². The molecule has 1 aromatic rings. The minimum atomic E-state index is -2.98. The van der Waals surface area contributed by atoms with E-state index in [0.717, 1.165) is 11.3 Å². The molecule has 28 heavy (non-hydrogen) atoms. The molecule has 1 rings (SSSR count). The number of halogens is 1. The van der Waals surface area contributed by atoms with Gasteiger partial charge in [0, 0.05) is 19.8 Å². The topological polar surface area (TPSA) is 89.0 Å². The maximum atomic E-state index is 11.0. The molecular weight excluding hydrogens is 493 g/mol. The molecule has 0 saturated heterocycles. The SMILES string of the molecule is CN=C(NCCOCCS(C)(=O)=O)NC(C)c1ccc(OCC(C)C)cc1.I. The van der Waals surface area contributed by atoms with Gasteiger partial charge in [0.2, 0.25) is 0 Å². The molecule has 1 unspecified atom stereocenters. The number of nitrogens with one attached hydrogen (secondary N) is 2. The van der Waals surface area contributed by atoms with Crippen LogP contribution in [0.5, 0.6) is 5.75 Å². The molecular formula is C19H34IN3O4S. The Morgan fingerprint density at radius 3 is 2.32 bits per heavy atom. The molecule has 7 nitrogen and oxygen atoms in total. The highest BCUT2D eigenvalue weighted by atomic mass is 127. The first-order chi connectivity index (χ1) is 12.7. The van der Waals surface area contributed by atoms with Crippen molar-refractivity contribution < 1.29 is 17.9 Å². The van der Waals surface area contributed by atoms with Crippen LogP contribution >= 0.6 is 24.0 Å². The van der Waals surface area contributed by atoms with Crippen LogP contribution < -0.4 is 15.4 Å². The monoisotopic (exact) mass is 527 g/mol. The van der Waals surface area contributed by atoms with E-state index < -0.39 is 9.84 Å². The molecule has 0 aliphatic carbocycles. The van der Waals surface area contributed by atoms with Crippen LogP contribution in [0.4, 0.5) is 0 Å². The van der Waals surface area contributed by atoms with E-state index in [2.05, 4.69) is 36.4 Å². The fraction of sp³-hybridized carbons (Fsp3) is 0.632. The Morgan fingerprint density at radius 1 is 1.14 bits per heavy atom. The highest BCUT2D eigenvalue weighted by Crippen LogP contribution is 2.18. The summed E-state index contributed by atoms with van der Waals surface area (Å²) in [6, 6.07) is 8.09. The van der Waals surface area contributed by atoms with Crippen molar-refractivity contribution in [1.82, 2.24) is 10.6 Å². The molecule has 1 atom stereocenters. The second-order valence-electron chi connectivity index (χ2n) is 6.88. The Labute approximate surface area is 186 Å². The number of nitrogens with zero attached hydrogens (tertiary/aromatic N) is 1. The Hall–Kier alpha value is -1.07. The van der Waals surface area contributed by atoms with Gasteiger partial charge in [0.05, 0.1) is 31.6 Å². The molecule has 9 heteroatoms. The number of guanidine groups is 1. The molecule has 0 heterocycles. The van der Waals surface area contributed by atoms with E-state index in [4.69, 9.17) is 9.47 Å². The third-order valence-electron chi connectivity index (χ3n) is 3.68. The van der Waals surface area contributed by atoms with Gasteiger partial charge in [-0.25, -0.2) is 8.42 Å². The predicted octanol–water partition coefficient (Wildman–Crippen LogP) is 2.63. The van der Waals surface area contributed by atoms with Crippen LogP contribution in [0.1, 0.15) is 32.4 Å². The van der Waals surface area contributed by atoms with E-state index in [1.807, 2.05) is 24.3 Å². The van der Waals surface area contributed by atoms with Gasteiger partial charge in [0.15, 0.2) is 5.96 Å². The van der Waals surface area contributed by atoms with E-state index in [1.165, 1.54) is 6.26 Å². The zero-order chi connectivity index (χ0) is 20.3. The summed E-state index contributed by atoms with van der Waals surface area (Å²) in [5.74, 6) is 2.06. The minimum absolute atomic E-state index is 0. The van der Waals surface area contributed by atoms with E-state index in [-0.39, 0.29) is 42.4 Å². The smallest absolute Gasteiger partial charge is 0.191 e. The first kappa shape index (κ1) is 26.9. The molecule has 0 aliphatic rings. The Balaban J connectivity index is 0.00000729. The molecule has 0 amide bonds. The van der Waals surface area contributed by atoms with Crippen molar-refractivity contribution in [3.05, 3.63) is 29.8 Å². The molecule has 0 fully saturated rings. The zero-order valence-electron chi connectivity index (χ0n) is 17.4. The van der Waals surface area contributed by atoms with Crippen molar-refractivity contribution in [3.63, 3.8) is 0 Å². The van der Waals surface area contributed by atoms with Crippen LogP contribution in [0, 0.1) is 5.92 Å². The van der Waals surface area contributed by atoms with Crippen molar-refractivity contribution in [2.75, 3.05) is 45.4 Å². The summed E-state index contributed by atoms with van der Waals surface area (Å²) in [5.41, 5.74) is 1.12. The fourth-order valence-electron chi connectivity index (χ4n) is 2.15. The number of aliphatic imine (C=N–C) groups is 1. The highest BCUT2D eigenvalue weighted by molar-refractivity contribution is 14.0. The molecule has 0 aliphatic heterocycles. The minimum Gasteiger partial charge on any atom is -0.493 e. The van der Waals surface area contributed by atoms with E-state index >= 15 is 0 Å². The van der Waals surface area contributed by atoms with Crippen molar-refractivity contribution in [2.24, 2.45) is 10.9 Å². The molecule has 0 saturated carbocycles. The molecule has 1 aromatic carbocycles. The normalized spacial score (nSPS) is 13.0. The quantitative estimate of drug-likeness (QED) is 0.199. The largest absolute Gasteiger partial charge is 0.493 e. The maximum absolute atomic E-state index is 11.0. The molecule has 0 radical (unpaired) electrons. The van der Waals surface area contributed by atoms with Crippen LogP contribution in [-0.4, -0.2) is 59.8 Å². The summed E-state index contributed by atoms with van der Waals surface area (Å²) in [5, 5.41) is 6.47. The molecule has 0 spiro atoms. The van der Waals surface area contributed by atoms with Gasteiger partial charge in [-0.2, -0.15) is 0 Å². The number of benzene rings is 1. The first-order valence-electron chi connectivity index (χ1n) is 9.16. The summed E-state index contributed by atoms with van der Waals surface area (Å²) in [6.45, 7) is 8.15. The van der Waals surface area contributed by atoms with Crippen molar-refractivity contribution in [3.8, 4) is 5.75 Å². The molecule has 2 N–H and O–H groups in total. The van der Waals surface area contributed by atoms with Crippen LogP contribution in [0.2, 0.25) is 0 Å². The van der Waals surface area contributed by atoms with Crippen LogP contribution in [-0.2, 0) is 14.6 Å². The van der Waals surface area contributed by atoms with E-state index in [0.29, 0.717) is 31.6 Å². The second-order valence-corrected chi connectivity index (χ2v) is 9.14. The number of hydrogen-bond donors (Lipinski definition) is 2. The van der Waals surface area contributed by atoms with Crippen molar-refractivity contribution in [2.45, 2.75) is 26.8 Å². The summed E-state index contributed by atoms with van der Waals surface area (Å²) in [4.78, 5) is 4.20. The summed E-state index contributed by atoms with van der Waals surface area (Å²) >= 11 is 0. The number of ether oxygens (including phenoxy) is 2. The Morgan fingerprint density at radius 2 is 1.79 bits per heavy atom. The van der Waals surface area contributed by atoms with Gasteiger partial charge in [-0.15, -0.1) is 24.0 Å². The van der Waals surface area contributed by atoms with Gasteiger partial charge in [-0.05, 0) is 30.5 Å². The van der Waals surface area contributed by atoms with Gasteiger partial charge in [0.1, 0.15) is 15.6 Å². The van der Waals surface area contributed by atoms with Crippen LogP contribution in [0.15, 0.2) is 29.3 Å². The molecule has 162 valence electrons. The summed E-state index contributed by atoms with van der Waals surface area (Å²) < 4.78 is 33.1. The average molecular weight is 527 g/mol. The highest BCUT2D eigenvalue weighted by Gasteiger charge is 2.08. The van der Waals surface area contributed by atoms with E-state index in [1.54, 1.807) is 7.05 Å². The molecule has 0 bridgehead atoms. The van der Waals surface area contributed by atoms with Gasteiger partial charge < -0.3 is 20.1 Å². The van der Waals surface area contributed by atoms with Crippen molar-refractivity contribution in [1.29, 1.82) is 0 Å². The molecule has 0 aromatic heterocycles. The predicted molar refractivity (Wildman–Crippen MR) is 126 cm³/mol.